The number of thioether (sulfide) groups is 1. The van der Waals surface area contributed by atoms with Gasteiger partial charge in [0.05, 0.1) is 6.20 Å². The Morgan fingerprint density at radius 1 is 1.24 bits per heavy atom. The Bertz CT molecular complexity index is 588. The zero-order valence-electron chi connectivity index (χ0n) is 12.5. The lowest BCUT2D eigenvalue weighted by molar-refractivity contribution is 0.453. The molecule has 0 radical (unpaired) electrons. The largest absolute Gasteiger partial charge is 0.309 e. The predicted molar refractivity (Wildman–Crippen MR) is 87.6 cm³/mol. The van der Waals surface area contributed by atoms with Gasteiger partial charge in [-0.3, -0.25) is 4.98 Å². The summed E-state index contributed by atoms with van der Waals surface area (Å²) < 4.78 is 0. The minimum Gasteiger partial charge on any atom is -0.309 e. The minimum atomic E-state index is 0.384. The number of aromatic nitrogens is 2. The molecule has 0 bridgehead atoms. The van der Waals surface area contributed by atoms with Crippen LogP contribution in [0.25, 0.3) is 0 Å². The first-order valence-corrected chi connectivity index (χ1v) is 8.42. The van der Waals surface area contributed by atoms with Crippen molar-refractivity contribution in [3.63, 3.8) is 0 Å². The lowest BCUT2D eigenvalue weighted by Gasteiger charge is -2.36. The molecule has 0 aliphatic heterocycles. The Morgan fingerprint density at radius 2 is 2.05 bits per heavy atom. The van der Waals surface area contributed by atoms with Crippen LogP contribution < -0.4 is 5.32 Å². The van der Waals surface area contributed by atoms with E-state index in [0.717, 1.165) is 18.0 Å². The van der Waals surface area contributed by atoms with Crippen LogP contribution in [0.4, 0.5) is 0 Å². The summed E-state index contributed by atoms with van der Waals surface area (Å²) in [6.07, 6.45) is 6.52. The lowest BCUT2D eigenvalue weighted by Crippen LogP contribution is -2.35. The number of nitrogens with one attached hydrogen (secondary N) is 1. The van der Waals surface area contributed by atoms with Crippen LogP contribution in [0.1, 0.15) is 43.4 Å². The smallest absolute Gasteiger partial charge is 0.115 e. The van der Waals surface area contributed by atoms with E-state index in [0.29, 0.717) is 17.2 Å². The fourth-order valence-corrected chi connectivity index (χ4v) is 4.45. The zero-order chi connectivity index (χ0) is 14.7. The summed E-state index contributed by atoms with van der Waals surface area (Å²) in [6.45, 7) is 5.47. The molecule has 110 valence electrons. The van der Waals surface area contributed by atoms with Crippen LogP contribution in [0.15, 0.2) is 47.9 Å². The number of hydrogen-bond donors (Lipinski definition) is 1. The van der Waals surface area contributed by atoms with Crippen molar-refractivity contribution in [2.24, 2.45) is 0 Å². The van der Waals surface area contributed by atoms with Gasteiger partial charge in [-0.05, 0) is 30.0 Å². The van der Waals surface area contributed by atoms with Crippen LogP contribution in [0, 0.1) is 0 Å². The third-order valence-electron chi connectivity index (χ3n) is 4.06. The van der Waals surface area contributed by atoms with Gasteiger partial charge in [0, 0.05) is 23.7 Å². The first-order valence-electron chi connectivity index (χ1n) is 7.54. The van der Waals surface area contributed by atoms with Crippen molar-refractivity contribution in [2.45, 2.75) is 42.5 Å². The van der Waals surface area contributed by atoms with Gasteiger partial charge in [-0.15, -0.1) is 0 Å². The Balaban J connectivity index is 1.90. The second-order valence-corrected chi connectivity index (χ2v) is 6.76. The van der Waals surface area contributed by atoms with Crippen LogP contribution in [0.5, 0.6) is 0 Å². The van der Waals surface area contributed by atoms with Gasteiger partial charge in [-0.1, -0.05) is 49.9 Å². The summed E-state index contributed by atoms with van der Waals surface area (Å²) in [7, 11) is 0. The zero-order valence-corrected chi connectivity index (χ0v) is 13.3. The van der Waals surface area contributed by atoms with Crippen LogP contribution in [-0.4, -0.2) is 21.8 Å². The van der Waals surface area contributed by atoms with Crippen molar-refractivity contribution in [1.82, 2.24) is 15.3 Å². The molecule has 2 aromatic rings. The highest BCUT2D eigenvalue weighted by atomic mass is 32.2. The maximum absolute atomic E-state index is 4.42. The van der Waals surface area contributed by atoms with Gasteiger partial charge in [0.2, 0.25) is 0 Å². The van der Waals surface area contributed by atoms with Gasteiger partial charge in [0.25, 0.3) is 0 Å². The highest BCUT2D eigenvalue weighted by molar-refractivity contribution is 7.99. The molecular formula is C17H21N3S. The molecule has 3 atom stereocenters. The molecule has 0 fully saturated rings. The molecule has 0 saturated carbocycles. The van der Waals surface area contributed by atoms with E-state index in [-0.39, 0.29) is 0 Å². The van der Waals surface area contributed by atoms with E-state index >= 15 is 0 Å². The van der Waals surface area contributed by atoms with Crippen LogP contribution in [0.3, 0.4) is 0 Å². The molecule has 3 unspecified atom stereocenters. The number of rotatable bonds is 4. The summed E-state index contributed by atoms with van der Waals surface area (Å²) in [5.74, 6) is 0.588. The topological polar surface area (TPSA) is 37.8 Å². The summed E-state index contributed by atoms with van der Waals surface area (Å²) >= 11 is 1.84. The van der Waals surface area contributed by atoms with E-state index in [2.05, 4.69) is 53.4 Å². The Morgan fingerprint density at radius 3 is 2.76 bits per heavy atom. The van der Waals surface area contributed by atoms with Crippen LogP contribution in [0.2, 0.25) is 0 Å². The number of hydrogen-bond acceptors (Lipinski definition) is 4. The number of benzene rings is 1. The van der Waals surface area contributed by atoms with Gasteiger partial charge >= 0.3 is 0 Å². The SMILES string of the molecule is CCNC1c2ccccc2C(C)CC1Sc1cnccn1. The molecule has 1 aromatic carbocycles. The van der Waals surface area contributed by atoms with Gasteiger partial charge in [-0.2, -0.15) is 0 Å². The molecule has 3 nitrogen and oxygen atoms in total. The molecule has 0 saturated heterocycles. The fraction of sp³-hybridized carbons (Fsp3) is 0.412. The highest BCUT2D eigenvalue weighted by Gasteiger charge is 2.33. The third-order valence-corrected chi connectivity index (χ3v) is 5.27. The second kappa shape index (κ2) is 6.58. The van der Waals surface area contributed by atoms with Crippen molar-refractivity contribution < 1.29 is 0 Å². The monoisotopic (exact) mass is 299 g/mol. The number of nitrogens with zero attached hydrogens (tertiary/aromatic N) is 2. The molecule has 3 rings (SSSR count). The summed E-state index contributed by atoms with van der Waals surface area (Å²) in [6, 6.07) is 9.21. The van der Waals surface area contributed by atoms with E-state index in [1.54, 1.807) is 12.4 Å². The first-order chi connectivity index (χ1) is 10.3. The van der Waals surface area contributed by atoms with Crippen LogP contribution in [-0.2, 0) is 0 Å². The summed E-state index contributed by atoms with van der Waals surface area (Å²) in [5, 5.41) is 5.17. The Hall–Kier alpha value is -1.39. The molecule has 0 amide bonds. The molecule has 21 heavy (non-hydrogen) atoms. The third kappa shape index (κ3) is 3.11. The average molecular weight is 299 g/mol. The highest BCUT2D eigenvalue weighted by Crippen LogP contribution is 2.44. The van der Waals surface area contributed by atoms with Crippen LogP contribution >= 0.6 is 11.8 Å². The summed E-state index contributed by atoms with van der Waals surface area (Å²) in [4.78, 5) is 8.60. The number of fused-ring (bicyclic) bond motifs is 1. The lowest BCUT2D eigenvalue weighted by atomic mass is 9.80. The van der Waals surface area contributed by atoms with Crippen molar-refractivity contribution in [1.29, 1.82) is 0 Å². The van der Waals surface area contributed by atoms with Gasteiger partial charge < -0.3 is 5.32 Å². The molecule has 4 heteroatoms. The van der Waals surface area contributed by atoms with Crippen molar-refractivity contribution >= 4 is 11.8 Å². The van der Waals surface area contributed by atoms with E-state index in [4.69, 9.17) is 0 Å². The molecular weight excluding hydrogens is 278 g/mol. The van der Waals surface area contributed by atoms with E-state index in [9.17, 15) is 0 Å². The van der Waals surface area contributed by atoms with E-state index in [1.165, 1.54) is 11.1 Å². The van der Waals surface area contributed by atoms with E-state index < -0.39 is 0 Å². The Kier molecular flexibility index (Phi) is 4.56. The normalized spacial score (nSPS) is 24.6. The molecule has 1 N–H and O–H groups in total. The Labute approximate surface area is 130 Å². The fourth-order valence-electron chi connectivity index (χ4n) is 3.13. The van der Waals surface area contributed by atoms with Gasteiger partial charge in [0.15, 0.2) is 0 Å². The maximum Gasteiger partial charge on any atom is 0.115 e. The molecule has 1 aliphatic carbocycles. The molecule has 1 heterocycles. The molecule has 1 aliphatic rings. The minimum absolute atomic E-state index is 0.384. The maximum atomic E-state index is 4.42. The van der Waals surface area contributed by atoms with Crippen molar-refractivity contribution in [3.05, 3.63) is 54.0 Å². The molecule has 1 aromatic heterocycles. The van der Waals surface area contributed by atoms with Gasteiger partial charge in [0.1, 0.15) is 5.03 Å². The standard InChI is InChI=1S/C17H21N3S/c1-3-19-17-14-7-5-4-6-13(14)12(2)10-15(17)21-16-11-18-8-9-20-16/h4-9,11-12,15,17,19H,3,10H2,1-2H3. The molecule has 0 spiro atoms. The first kappa shape index (κ1) is 14.5. The van der Waals surface area contributed by atoms with Gasteiger partial charge in [-0.25, -0.2) is 4.98 Å². The second-order valence-electron chi connectivity index (χ2n) is 5.50. The van der Waals surface area contributed by atoms with Crippen molar-refractivity contribution in [2.75, 3.05) is 6.54 Å². The van der Waals surface area contributed by atoms with E-state index in [1.807, 2.05) is 18.0 Å². The van der Waals surface area contributed by atoms with Crippen molar-refractivity contribution in [3.8, 4) is 0 Å². The quantitative estimate of drug-likeness (QED) is 0.932. The predicted octanol–water partition coefficient (Wildman–Crippen LogP) is 3.80. The average Bonchev–Trinajstić information content (AvgIpc) is 2.52. The summed E-state index contributed by atoms with van der Waals surface area (Å²) in [5.41, 5.74) is 2.93.